The number of nitrogens with zero attached hydrogens (tertiary/aromatic N) is 1. The number of hydrogen-bond acceptors (Lipinski definition) is 9. The molecule has 0 aliphatic heterocycles. The number of thiol groups is 1. The number of amides is 4. The first-order valence-electron chi connectivity index (χ1n) is 11.0. The topological polar surface area (TPSA) is 248 Å². The van der Waals surface area contributed by atoms with Crippen LogP contribution in [-0.4, -0.2) is 81.1 Å². The third-order valence-corrected chi connectivity index (χ3v) is 5.39. The fourth-order valence-electron chi connectivity index (χ4n) is 3.05. The van der Waals surface area contributed by atoms with Crippen molar-refractivity contribution in [3.8, 4) is 0 Å². The number of nitrogens with one attached hydrogen (secondary N) is 4. The molecule has 0 aliphatic rings. The SMILES string of the molecule is NCCCCC(NC(=O)C(N)Cc1cnc[nH]1)C(=O)NC(CS)C(=O)NC(CCC(N)=O)C(=O)O. The van der Waals surface area contributed by atoms with Crippen molar-refractivity contribution in [3.63, 3.8) is 0 Å². The van der Waals surface area contributed by atoms with E-state index >= 15 is 0 Å². The van der Waals surface area contributed by atoms with Gasteiger partial charge in [0, 0.05) is 30.5 Å². The van der Waals surface area contributed by atoms with Gasteiger partial charge in [-0.2, -0.15) is 12.6 Å². The zero-order valence-corrected chi connectivity index (χ0v) is 20.1. The number of aliphatic carboxylic acids is 1. The van der Waals surface area contributed by atoms with E-state index < -0.39 is 53.8 Å². The summed E-state index contributed by atoms with van der Waals surface area (Å²) in [7, 11) is 0. The summed E-state index contributed by atoms with van der Waals surface area (Å²) >= 11 is 4.06. The highest BCUT2D eigenvalue weighted by Gasteiger charge is 2.29. The van der Waals surface area contributed by atoms with Crippen molar-refractivity contribution < 1.29 is 29.1 Å². The number of primary amides is 1. The molecule has 0 spiro atoms. The summed E-state index contributed by atoms with van der Waals surface area (Å²) < 4.78 is 0. The summed E-state index contributed by atoms with van der Waals surface area (Å²) in [6.07, 6.45) is 4.07. The summed E-state index contributed by atoms with van der Waals surface area (Å²) in [5.41, 5.74) is 17.1. The highest BCUT2D eigenvalue weighted by atomic mass is 32.1. The molecule has 4 atom stereocenters. The molecule has 1 heterocycles. The summed E-state index contributed by atoms with van der Waals surface area (Å²) in [4.78, 5) is 67.1. The minimum absolute atomic E-state index is 0.150. The van der Waals surface area contributed by atoms with Crippen LogP contribution in [0.25, 0.3) is 0 Å². The summed E-state index contributed by atoms with van der Waals surface area (Å²) in [6, 6.07) is -4.54. The van der Waals surface area contributed by atoms with Crippen molar-refractivity contribution in [1.82, 2.24) is 25.9 Å². The highest BCUT2D eigenvalue weighted by Crippen LogP contribution is 2.05. The van der Waals surface area contributed by atoms with Crippen LogP contribution in [0.4, 0.5) is 0 Å². The Kier molecular flexibility index (Phi) is 13.4. The second-order valence-electron chi connectivity index (χ2n) is 7.88. The lowest BCUT2D eigenvalue weighted by molar-refractivity contribution is -0.142. The lowest BCUT2D eigenvalue weighted by Crippen LogP contribution is -2.57. The Morgan fingerprint density at radius 2 is 1.63 bits per heavy atom. The first-order valence-corrected chi connectivity index (χ1v) is 11.7. The van der Waals surface area contributed by atoms with Gasteiger partial charge in [0.25, 0.3) is 0 Å². The van der Waals surface area contributed by atoms with Gasteiger partial charge in [-0.05, 0) is 32.2 Å². The first-order chi connectivity index (χ1) is 16.6. The van der Waals surface area contributed by atoms with Crippen LogP contribution in [0.3, 0.4) is 0 Å². The number of unbranched alkanes of at least 4 members (excludes halogenated alkanes) is 1. The molecule has 15 heteroatoms. The van der Waals surface area contributed by atoms with E-state index in [1.54, 1.807) is 0 Å². The molecule has 4 amide bonds. The molecule has 0 saturated carbocycles. The van der Waals surface area contributed by atoms with Gasteiger partial charge in [-0.15, -0.1) is 0 Å². The minimum Gasteiger partial charge on any atom is -0.480 e. The zero-order valence-electron chi connectivity index (χ0n) is 19.2. The van der Waals surface area contributed by atoms with Gasteiger partial charge < -0.3 is 43.2 Å². The van der Waals surface area contributed by atoms with E-state index in [2.05, 4.69) is 38.5 Å². The van der Waals surface area contributed by atoms with Gasteiger partial charge in [-0.25, -0.2) is 9.78 Å². The van der Waals surface area contributed by atoms with Crippen LogP contribution in [0, 0.1) is 0 Å². The number of carboxylic acids is 1. The maximum absolute atomic E-state index is 12.9. The van der Waals surface area contributed by atoms with E-state index in [4.69, 9.17) is 17.2 Å². The van der Waals surface area contributed by atoms with E-state index in [0.29, 0.717) is 25.1 Å². The Bertz CT molecular complexity index is 853. The summed E-state index contributed by atoms with van der Waals surface area (Å²) in [5.74, 6) is -4.27. The highest BCUT2D eigenvalue weighted by molar-refractivity contribution is 7.80. The Balaban J connectivity index is 2.82. The molecule has 0 saturated heterocycles. The fourth-order valence-corrected chi connectivity index (χ4v) is 3.31. The van der Waals surface area contributed by atoms with Gasteiger partial charge in [-0.1, -0.05) is 0 Å². The smallest absolute Gasteiger partial charge is 0.326 e. The molecule has 1 aromatic rings. The average molecular weight is 515 g/mol. The van der Waals surface area contributed by atoms with Crippen molar-refractivity contribution in [3.05, 3.63) is 18.2 Å². The number of carboxylic acid groups (broad SMARTS) is 1. The van der Waals surface area contributed by atoms with E-state index in [9.17, 15) is 29.1 Å². The summed E-state index contributed by atoms with van der Waals surface area (Å²) in [5, 5.41) is 16.6. The number of carbonyl (C=O) groups is 5. The molecule has 0 aromatic carbocycles. The molecule has 1 rings (SSSR count). The molecule has 196 valence electrons. The maximum Gasteiger partial charge on any atom is 0.326 e. The number of hydrogen-bond donors (Lipinski definition) is 9. The fraction of sp³-hybridized carbons (Fsp3) is 0.600. The van der Waals surface area contributed by atoms with Gasteiger partial charge in [0.2, 0.25) is 23.6 Å². The third-order valence-electron chi connectivity index (χ3n) is 5.02. The molecule has 0 aliphatic carbocycles. The number of aromatic nitrogens is 2. The maximum atomic E-state index is 12.9. The van der Waals surface area contributed by atoms with Gasteiger partial charge in [0.05, 0.1) is 12.4 Å². The van der Waals surface area contributed by atoms with Gasteiger partial charge in [-0.3, -0.25) is 19.2 Å². The van der Waals surface area contributed by atoms with Crippen LogP contribution < -0.4 is 33.2 Å². The molecule has 0 radical (unpaired) electrons. The van der Waals surface area contributed by atoms with Crippen LogP contribution in [0.1, 0.15) is 37.8 Å². The molecule has 14 nitrogen and oxygen atoms in total. The number of carbonyl (C=O) groups excluding carboxylic acids is 4. The Hall–Kier alpha value is -3.17. The first kappa shape index (κ1) is 29.9. The number of rotatable bonds is 17. The lowest BCUT2D eigenvalue weighted by atomic mass is 10.1. The zero-order chi connectivity index (χ0) is 26.4. The van der Waals surface area contributed by atoms with Crippen molar-refractivity contribution in [1.29, 1.82) is 0 Å². The Morgan fingerprint density at radius 3 is 2.17 bits per heavy atom. The normalized spacial score (nSPS) is 14.3. The van der Waals surface area contributed by atoms with Crippen LogP contribution in [-0.2, 0) is 30.4 Å². The van der Waals surface area contributed by atoms with Crippen molar-refractivity contribution in [2.75, 3.05) is 12.3 Å². The third kappa shape index (κ3) is 11.2. The quantitative estimate of drug-likeness (QED) is 0.0765. The standard InChI is InChI=1S/C20H34N8O6S/c21-6-2-1-3-13(26-17(30)12(22)7-11-8-24-10-25-11)18(31)28-15(9-35)19(32)27-14(20(33)34)4-5-16(23)29/h8,10,12-15,35H,1-7,9,21-22H2,(H2,23,29)(H,24,25)(H,26,30)(H,27,32)(H,28,31)(H,33,34). The lowest BCUT2D eigenvalue weighted by Gasteiger charge is -2.24. The number of H-pyrrole nitrogens is 1. The molecular weight excluding hydrogens is 480 g/mol. The minimum atomic E-state index is -1.38. The molecule has 1 aromatic heterocycles. The predicted molar refractivity (Wildman–Crippen MR) is 129 cm³/mol. The van der Waals surface area contributed by atoms with E-state index in [-0.39, 0.29) is 31.4 Å². The van der Waals surface area contributed by atoms with Crippen LogP contribution in [0.5, 0.6) is 0 Å². The molecule has 35 heavy (non-hydrogen) atoms. The molecule has 11 N–H and O–H groups in total. The van der Waals surface area contributed by atoms with Gasteiger partial charge in [0.1, 0.15) is 18.1 Å². The van der Waals surface area contributed by atoms with Gasteiger partial charge >= 0.3 is 5.97 Å². The van der Waals surface area contributed by atoms with Crippen LogP contribution >= 0.6 is 12.6 Å². The number of nitrogens with two attached hydrogens (primary N) is 3. The van der Waals surface area contributed by atoms with E-state index in [1.807, 2.05) is 0 Å². The number of aromatic amines is 1. The Labute approximate surface area is 207 Å². The van der Waals surface area contributed by atoms with Crippen LogP contribution in [0.2, 0.25) is 0 Å². The Morgan fingerprint density at radius 1 is 1.00 bits per heavy atom. The molecule has 4 unspecified atom stereocenters. The van der Waals surface area contributed by atoms with Crippen molar-refractivity contribution >= 4 is 42.2 Å². The van der Waals surface area contributed by atoms with Crippen molar-refractivity contribution in [2.45, 2.75) is 62.7 Å². The predicted octanol–water partition coefficient (Wildman–Crippen LogP) is -2.86. The van der Waals surface area contributed by atoms with Gasteiger partial charge in [0.15, 0.2) is 0 Å². The van der Waals surface area contributed by atoms with E-state index in [1.165, 1.54) is 12.5 Å². The molecule has 0 bridgehead atoms. The monoisotopic (exact) mass is 514 g/mol. The molecular formula is C20H34N8O6S. The van der Waals surface area contributed by atoms with Crippen LogP contribution in [0.15, 0.2) is 12.5 Å². The average Bonchev–Trinajstić information content (AvgIpc) is 3.31. The van der Waals surface area contributed by atoms with E-state index in [0.717, 1.165) is 0 Å². The molecule has 0 fully saturated rings. The summed E-state index contributed by atoms with van der Waals surface area (Å²) in [6.45, 7) is 0.394. The van der Waals surface area contributed by atoms with Crippen molar-refractivity contribution in [2.24, 2.45) is 17.2 Å². The second-order valence-corrected chi connectivity index (χ2v) is 8.25. The number of imidazole rings is 1. The second kappa shape index (κ2) is 15.7. The largest absolute Gasteiger partial charge is 0.480 e.